The number of para-hydroxylation sites is 1. The summed E-state index contributed by atoms with van der Waals surface area (Å²) in [6.07, 6.45) is 0. The molecule has 2 N–H and O–H groups in total. The van der Waals surface area contributed by atoms with Crippen molar-refractivity contribution in [2.24, 2.45) is 5.10 Å². The number of amides is 1. The molecular formula is C19H16BrN3O3S2. The number of carbonyl (C=O) groups excluding carboxylic acids is 1. The number of halogens is 1. The highest BCUT2D eigenvalue weighted by Gasteiger charge is 2.19. The third-order valence-corrected chi connectivity index (χ3v) is 7.22. The predicted molar refractivity (Wildman–Crippen MR) is 115 cm³/mol. The highest BCUT2D eigenvalue weighted by Crippen LogP contribution is 2.23. The van der Waals surface area contributed by atoms with Crippen LogP contribution in [0.4, 0.5) is 5.69 Å². The fourth-order valence-electron chi connectivity index (χ4n) is 2.39. The first-order valence-electron chi connectivity index (χ1n) is 8.13. The van der Waals surface area contributed by atoms with E-state index in [9.17, 15) is 13.2 Å². The summed E-state index contributed by atoms with van der Waals surface area (Å²) >= 11 is 4.54. The van der Waals surface area contributed by atoms with Gasteiger partial charge in [0.2, 0.25) is 0 Å². The molecule has 28 heavy (non-hydrogen) atoms. The van der Waals surface area contributed by atoms with Crippen LogP contribution in [0.25, 0.3) is 0 Å². The SMILES string of the molecule is C/C(=N/NC(=O)c1ccccc1NS(=O)(=O)c1cccs1)c1ccccc1Br. The number of rotatable bonds is 6. The molecule has 0 aliphatic rings. The Morgan fingerprint density at radius 1 is 1.00 bits per heavy atom. The third-order valence-electron chi connectivity index (χ3n) is 3.76. The van der Waals surface area contributed by atoms with Gasteiger partial charge in [-0.25, -0.2) is 13.8 Å². The molecule has 0 saturated heterocycles. The van der Waals surface area contributed by atoms with Crippen molar-refractivity contribution in [3.63, 3.8) is 0 Å². The van der Waals surface area contributed by atoms with Crippen molar-refractivity contribution < 1.29 is 13.2 Å². The van der Waals surface area contributed by atoms with Gasteiger partial charge >= 0.3 is 0 Å². The molecule has 144 valence electrons. The molecule has 0 fully saturated rings. The maximum atomic E-state index is 12.6. The van der Waals surface area contributed by atoms with E-state index in [2.05, 4.69) is 31.2 Å². The van der Waals surface area contributed by atoms with Crippen LogP contribution in [0.2, 0.25) is 0 Å². The van der Waals surface area contributed by atoms with Crippen LogP contribution in [-0.4, -0.2) is 20.0 Å². The van der Waals surface area contributed by atoms with Crippen molar-refractivity contribution in [1.82, 2.24) is 5.43 Å². The zero-order valence-electron chi connectivity index (χ0n) is 14.7. The normalized spacial score (nSPS) is 11.9. The number of sulfonamides is 1. The van der Waals surface area contributed by atoms with Crippen LogP contribution in [0.5, 0.6) is 0 Å². The minimum Gasteiger partial charge on any atom is -0.278 e. The van der Waals surface area contributed by atoms with Crippen molar-refractivity contribution >= 4 is 54.6 Å². The molecule has 0 bridgehead atoms. The zero-order valence-corrected chi connectivity index (χ0v) is 17.9. The van der Waals surface area contributed by atoms with Crippen molar-refractivity contribution in [2.75, 3.05) is 4.72 Å². The first kappa shape index (κ1) is 20.2. The van der Waals surface area contributed by atoms with E-state index in [1.54, 1.807) is 30.5 Å². The summed E-state index contributed by atoms with van der Waals surface area (Å²) in [4.78, 5) is 12.6. The van der Waals surface area contributed by atoms with Crippen LogP contribution < -0.4 is 10.1 Å². The number of hydrogen-bond donors (Lipinski definition) is 2. The molecule has 1 heterocycles. The van der Waals surface area contributed by atoms with E-state index in [0.29, 0.717) is 5.71 Å². The lowest BCUT2D eigenvalue weighted by molar-refractivity contribution is 0.0955. The summed E-state index contributed by atoms with van der Waals surface area (Å²) in [6, 6.07) is 17.0. The summed E-state index contributed by atoms with van der Waals surface area (Å²) in [5.41, 5.74) is 4.29. The van der Waals surface area contributed by atoms with Crippen molar-refractivity contribution in [3.8, 4) is 0 Å². The molecule has 3 rings (SSSR count). The van der Waals surface area contributed by atoms with Gasteiger partial charge in [-0.2, -0.15) is 5.10 Å². The number of hydrazone groups is 1. The summed E-state index contributed by atoms with van der Waals surface area (Å²) < 4.78 is 28.4. The first-order valence-corrected chi connectivity index (χ1v) is 11.3. The van der Waals surface area contributed by atoms with Crippen molar-refractivity contribution in [3.05, 3.63) is 81.6 Å². The number of nitrogens with zero attached hydrogens (tertiary/aromatic N) is 1. The average Bonchev–Trinajstić information content (AvgIpc) is 3.22. The second-order valence-corrected chi connectivity index (χ2v) is 9.41. The molecule has 3 aromatic rings. The molecule has 0 aliphatic heterocycles. The second kappa shape index (κ2) is 8.68. The van der Waals surface area contributed by atoms with Gasteiger partial charge in [-0.1, -0.05) is 52.3 Å². The molecule has 0 unspecified atom stereocenters. The smallest absolute Gasteiger partial charge is 0.273 e. The van der Waals surface area contributed by atoms with Gasteiger partial charge in [0.05, 0.1) is 17.0 Å². The van der Waals surface area contributed by atoms with E-state index in [4.69, 9.17) is 0 Å². The molecule has 0 atom stereocenters. The minimum absolute atomic E-state index is 0.172. The van der Waals surface area contributed by atoms with Gasteiger partial charge in [0.15, 0.2) is 0 Å². The van der Waals surface area contributed by atoms with Crippen LogP contribution in [0.3, 0.4) is 0 Å². The number of hydrogen-bond acceptors (Lipinski definition) is 5. The lowest BCUT2D eigenvalue weighted by atomic mass is 10.1. The third kappa shape index (κ3) is 4.67. The highest BCUT2D eigenvalue weighted by atomic mass is 79.9. The zero-order chi connectivity index (χ0) is 20.1. The number of anilines is 1. The van der Waals surface area contributed by atoms with E-state index >= 15 is 0 Å². The van der Waals surface area contributed by atoms with Gasteiger partial charge in [-0.3, -0.25) is 9.52 Å². The maximum absolute atomic E-state index is 12.6. The Morgan fingerprint density at radius 2 is 1.68 bits per heavy atom. The fraction of sp³-hybridized carbons (Fsp3) is 0.0526. The summed E-state index contributed by atoms with van der Waals surface area (Å²) in [5.74, 6) is -0.518. The Morgan fingerprint density at radius 3 is 2.36 bits per heavy atom. The first-order chi connectivity index (χ1) is 13.4. The molecule has 0 spiro atoms. The van der Waals surface area contributed by atoms with Gasteiger partial charge in [0.1, 0.15) is 4.21 Å². The van der Waals surface area contributed by atoms with Gasteiger partial charge in [-0.15, -0.1) is 11.3 Å². The Kier molecular flexibility index (Phi) is 6.28. The van der Waals surface area contributed by atoms with Crippen LogP contribution in [0.15, 0.2) is 79.8 Å². The molecule has 2 aromatic carbocycles. The molecular weight excluding hydrogens is 462 g/mol. The average molecular weight is 478 g/mol. The van der Waals surface area contributed by atoms with Crippen molar-refractivity contribution in [2.45, 2.75) is 11.1 Å². The predicted octanol–water partition coefficient (Wildman–Crippen LogP) is 4.47. The molecule has 0 aliphatic carbocycles. The van der Waals surface area contributed by atoms with Gasteiger partial charge in [-0.05, 0) is 36.6 Å². The molecule has 1 aromatic heterocycles. The van der Waals surface area contributed by atoms with Crippen LogP contribution in [0, 0.1) is 0 Å². The second-order valence-electron chi connectivity index (χ2n) is 5.70. The monoisotopic (exact) mass is 477 g/mol. The fourth-order valence-corrected chi connectivity index (χ4v) is 5.04. The molecule has 0 saturated carbocycles. The largest absolute Gasteiger partial charge is 0.278 e. The van der Waals surface area contributed by atoms with E-state index in [-0.39, 0.29) is 15.5 Å². The summed E-state index contributed by atoms with van der Waals surface area (Å²) in [5, 5.41) is 5.80. The quantitative estimate of drug-likeness (QED) is 0.405. The molecule has 1 amide bonds. The highest BCUT2D eigenvalue weighted by molar-refractivity contribution is 9.10. The maximum Gasteiger partial charge on any atom is 0.273 e. The van der Waals surface area contributed by atoms with E-state index in [1.807, 2.05) is 24.3 Å². The summed E-state index contributed by atoms with van der Waals surface area (Å²) in [7, 11) is -3.76. The van der Waals surface area contributed by atoms with Crippen molar-refractivity contribution in [1.29, 1.82) is 0 Å². The van der Waals surface area contributed by atoms with Gasteiger partial charge in [0.25, 0.3) is 15.9 Å². The van der Waals surface area contributed by atoms with Gasteiger partial charge < -0.3 is 0 Å². The van der Waals surface area contributed by atoms with E-state index in [0.717, 1.165) is 21.4 Å². The minimum atomic E-state index is -3.76. The lowest BCUT2D eigenvalue weighted by Crippen LogP contribution is -2.22. The van der Waals surface area contributed by atoms with Crippen LogP contribution >= 0.6 is 27.3 Å². The topological polar surface area (TPSA) is 87.6 Å². The Hall–Kier alpha value is -2.49. The number of thiophene rings is 1. The lowest BCUT2D eigenvalue weighted by Gasteiger charge is -2.11. The van der Waals surface area contributed by atoms with Crippen LogP contribution in [0.1, 0.15) is 22.8 Å². The van der Waals surface area contributed by atoms with Gasteiger partial charge in [0, 0.05) is 10.0 Å². The molecule has 6 nitrogen and oxygen atoms in total. The van der Waals surface area contributed by atoms with Crippen LogP contribution in [-0.2, 0) is 10.0 Å². The van der Waals surface area contributed by atoms with E-state index < -0.39 is 15.9 Å². The Balaban J connectivity index is 1.82. The number of benzene rings is 2. The molecule has 0 radical (unpaired) electrons. The Bertz CT molecular complexity index is 1130. The summed E-state index contributed by atoms with van der Waals surface area (Å²) in [6.45, 7) is 1.77. The standard InChI is InChI=1S/C19H16BrN3O3S2/c1-13(14-7-2-4-9-16(14)20)21-22-19(24)15-8-3-5-10-17(15)23-28(25,26)18-11-6-12-27-18/h2-12,23H,1H3,(H,22,24)/b21-13-. The Labute approximate surface area is 175 Å². The number of nitrogens with one attached hydrogen (secondary N) is 2. The van der Waals surface area contributed by atoms with E-state index in [1.165, 1.54) is 18.2 Å². The molecule has 9 heteroatoms. The number of carbonyl (C=O) groups is 1.